The third-order valence-corrected chi connectivity index (χ3v) is 5.49. The minimum absolute atomic E-state index is 0.0484. The molecular formula is C20H27N3O5. The van der Waals surface area contributed by atoms with Gasteiger partial charge in [-0.3, -0.25) is 14.5 Å². The summed E-state index contributed by atoms with van der Waals surface area (Å²) in [5.74, 6) is 0.149. The number of nitrogens with zero attached hydrogens (tertiary/aromatic N) is 2. The first kappa shape index (κ1) is 20.1. The lowest BCUT2D eigenvalue weighted by Gasteiger charge is -2.35. The van der Waals surface area contributed by atoms with Crippen molar-refractivity contribution in [3.05, 3.63) is 24.3 Å². The molecule has 2 aliphatic rings. The molecule has 28 heavy (non-hydrogen) atoms. The van der Waals surface area contributed by atoms with Gasteiger partial charge < -0.3 is 20.1 Å². The number of carbonyl (C=O) groups is 3. The Morgan fingerprint density at radius 1 is 1.21 bits per heavy atom. The van der Waals surface area contributed by atoms with Crippen molar-refractivity contribution in [2.75, 3.05) is 25.5 Å². The summed E-state index contributed by atoms with van der Waals surface area (Å²) in [4.78, 5) is 39.2. The van der Waals surface area contributed by atoms with Crippen LogP contribution in [0.3, 0.4) is 0 Å². The maximum atomic E-state index is 12.9. The van der Waals surface area contributed by atoms with E-state index in [0.717, 1.165) is 24.2 Å². The molecule has 2 fully saturated rings. The maximum Gasteiger partial charge on any atom is 0.327 e. The van der Waals surface area contributed by atoms with Crippen molar-refractivity contribution in [2.45, 2.75) is 50.7 Å². The molecule has 1 spiro atoms. The standard InChI is InChI=1S/C20H27N3O5/c1-14(24)21-15-6-8-17(9-7-15)28-13-16(25)12-23-18(26)20(22(2)19(23)27)10-4-3-5-11-20/h6-9,16,25H,3-5,10-13H2,1-2H3,(H,21,24)/t16-/m0/s1. The summed E-state index contributed by atoms with van der Waals surface area (Å²) in [6.07, 6.45) is 3.30. The summed E-state index contributed by atoms with van der Waals surface area (Å²) >= 11 is 0. The Morgan fingerprint density at radius 2 is 1.86 bits per heavy atom. The van der Waals surface area contributed by atoms with Gasteiger partial charge in [-0.1, -0.05) is 19.3 Å². The number of ether oxygens (including phenoxy) is 1. The van der Waals surface area contributed by atoms with Gasteiger partial charge in [-0.15, -0.1) is 0 Å². The maximum absolute atomic E-state index is 12.9. The molecule has 1 saturated carbocycles. The second kappa shape index (κ2) is 8.18. The molecule has 2 N–H and O–H groups in total. The molecule has 0 bridgehead atoms. The molecule has 1 aromatic rings. The lowest BCUT2D eigenvalue weighted by Crippen LogP contribution is -2.49. The Kier molecular flexibility index (Phi) is 5.88. The van der Waals surface area contributed by atoms with Gasteiger partial charge in [0.2, 0.25) is 5.91 Å². The highest BCUT2D eigenvalue weighted by Crippen LogP contribution is 2.39. The number of rotatable bonds is 6. The van der Waals surface area contributed by atoms with Crippen LogP contribution in [0.25, 0.3) is 0 Å². The summed E-state index contributed by atoms with van der Waals surface area (Å²) in [6.45, 7) is 1.29. The number of urea groups is 1. The van der Waals surface area contributed by atoms with Crippen molar-refractivity contribution in [3.63, 3.8) is 0 Å². The minimum Gasteiger partial charge on any atom is -0.491 e. The first-order chi connectivity index (χ1) is 13.3. The van der Waals surface area contributed by atoms with Crippen molar-refractivity contribution in [1.29, 1.82) is 0 Å². The van der Waals surface area contributed by atoms with E-state index in [-0.39, 0.29) is 31.0 Å². The van der Waals surface area contributed by atoms with E-state index in [1.165, 1.54) is 6.92 Å². The van der Waals surface area contributed by atoms with Gasteiger partial charge in [-0.2, -0.15) is 0 Å². The Labute approximate surface area is 164 Å². The minimum atomic E-state index is -0.991. The van der Waals surface area contributed by atoms with Crippen LogP contribution in [0.15, 0.2) is 24.3 Å². The largest absolute Gasteiger partial charge is 0.491 e. The van der Waals surface area contributed by atoms with E-state index in [2.05, 4.69) is 5.32 Å². The highest BCUT2D eigenvalue weighted by atomic mass is 16.5. The average molecular weight is 389 g/mol. The van der Waals surface area contributed by atoms with Crippen LogP contribution >= 0.6 is 0 Å². The molecule has 1 saturated heterocycles. The van der Waals surface area contributed by atoms with Crippen molar-refractivity contribution >= 4 is 23.5 Å². The first-order valence-electron chi connectivity index (χ1n) is 9.62. The van der Waals surface area contributed by atoms with Crippen LogP contribution in [0.1, 0.15) is 39.0 Å². The fourth-order valence-electron chi connectivity index (χ4n) is 3.99. The Bertz CT molecular complexity index is 743. The lowest BCUT2D eigenvalue weighted by atomic mass is 9.81. The number of hydrogen-bond donors (Lipinski definition) is 2. The number of benzene rings is 1. The highest BCUT2D eigenvalue weighted by molar-refractivity contribution is 6.07. The van der Waals surface area contributed by atoms with E-state index in [4.69, 9.17) is 4.74 Å². The number of nitrogens with one attached hydrogen (secondary N) is 1. The van der Waals surface area contributed by atoms with Crippen LogP contribution in [0.2, 0.25) is 0 Å². The summed E-state index contributed by atoms with van der Waals surface area (Å²) < 4.78 is 5.55. The number of hydrogen-bond acceptors (Lipinski definition) is 5. The monoisotopic (exact) mass is 389 g/mol. The van der Waals surface area contributed by atoms with E-state index >= 15 is 0 Å². The van der Waals surface area contributed by atoms with Gasteiger partial charge in [-0.25, -0.2) is 4.79 Å². The van der Waals surface area contributed by atoms with Gasteiger partial charge in [0.1, 0.15) is 24.0 Å². The Balaban J connectivity index is 1.55. The van der Waals surface area contributed by atoms with Gasteiger partial charge in [0, 0.05) is 19.7 Å². The molecular weight excluding hydrogens is 362 g/mol. The van der Waals surface area contributed by atoms with E-state index in [0.29, 0.717) is 24.3 Å². The van der Waals surface area contributed by atoms with Crippen LogP contribution in [0.5, 0.6) is 5.75 Å². The molecule has 1 aromatic carbocycles. The molecule has 152 valence electrons. The molecule has 1 aliphatic carbocycles. The predicted octanol–water partition coefficient (Wildman–Crippen LogP) is 1.98. The van der Waals surface area contributed by atoms with Crippen molar-refractivity contribution in [1.82, 2.24) is 9.80 Å². The number of carbonyl (C=O) groups excluding carboxylic acids is 3. The van der Waals surface area contributed by atoms with Gasteiger partial charge in [-0.05, 0) is 37.1 Å². The molecule has 3 rings (SSSR count). The van der Waals surface area contributed by atoms with Gasteiger partial charge >= 0.3 is 6.03 Å². The quantitative estimate of drug-likeness (QED) is 0.725. The van der Waals surface area contributed by atoms with Crippen molar-refractivity contribution in [3.8, 4) is 5.75 Å². The average Bonchev–Trinajstić information content (AvgIpc) is 2.84. The van der Waals surface area contributed by atoms with Crippen molar-refractivity contribution in [2.24, 2.45) is 0 Å². The van der Waals surface area contributed by atoms with E-state index < -0.39 is 11.6 Å². The first-order valence-corrected chi connectivity index (χ1v) is 9.62. The van der Waals surface area contributed by atoms with E-state index in [1.54, 1.807) is 36.2 Å². The Hall–Kier alpha value is -2.61. The molecule has 0 aromatic heterocycles. The van der Waals surface area contributed by atoms with Crippen LogP contribution in [0.4, 0.5) is 10.5 Å². The SMILES string of the molecule is CC(=O)Nc1ccc(OC[C@@H](O)CN2C(=O)N(C)C3(CCCCC3)C2=O)cc1. The second-order valence-corrected chi connectivity index (χ2v) is 7.52. The molecule has 0 unspecified atom stereocenters. The number of anilines is 1. The summed E-state index contributed by atoms with van der Waals surface area (Å²) in [5.41, 5.74) is -0.0930. The zero-order chi connectivity index (χ0) is 20.3. The Morgan fingerprint density at radius 3 is 2.46 bits per heavy atom. The third-order valence-electron chi connectivity index (χ3n) is 5.49. The van der Waals surface area contributed by atoms with Crippen LogP contribution in [-0.2, 0) is 9.59 Å². The summed E-state index contributed by atoms with van der Waals surface area (Å²) in [7, 11) is 1.67. The number of amides is 4. The highest BCUT2D eigenvalue weighted by Gasteiger charge is 2.55. The smallest absolute Gasteiger partial charge is 0.327 e. The fraction of sp³-hybridized carbons (Fsp3) is 0.550. The zero-order valence-corrected chi connectivity index (χ0v) is 16.3. The van der Waals surface area contributed by atoms with Crippen LogP contribution in [0, 0.1) is 0 Å². The molecule has 4 amide bonds. The van der Waals surface area contributed by atoms with E-state index in [1.807, 2.05) is 0 Å². The third kappa shape index (κ3) is 3.96. The zero-order valence-electron chi connectivity index (χ0n) is 16.3. The predicted molar refractivity (Wildman–Crippen MR) is 103 cm³/mol. The molecule has 1 aliphatic heterocycles. The fourth-order valence-corrected chi connectivity index (χ4v) is 3.99. The number of aliphatic hydroxyl groups excluding tert-OH is 1. The molecule has 0 radical (unpaired) electrons. The number of likely N-dealkylation sites (N-methyl/N-ethyl adjacent to an activating group) is 1. The normalized spacial score (nSPS) is 19.8. The number of imide groups is 1. The molecule has 8 nitrogen and oxygen atoms in total. The number of β-amino-alcohol motifs (C(OH)–C–C–N with tert-alkyl or cyclic N) is 1. The topological polar surface area (TPSA) is 99.2 Å². The van der Waals surface area contributed by atoms with Gasteiger partial charge in [0.05, 0.1) is 6.54 Å². The van der Waals surface area contributed by atoms with E-state index in [9.17, 15) is 19.5 Å². The van der Waals surface area contributed by atoms with Crippen molar-refractivity contribution < 1.29 is 24.2 Å². The molecule has 8 heteroatoms. The molecule has 1 heterocycles. The van der Waals surface area contributed by atoms with Gasteiger partial charge in [0.15, 0.2) is 0 Å². The second-order valence-electron chi connectivity index (χ2n) is 7.52. The molecule has 1 atom stereocenters. The van der Waals surface area contributed by atoms with Crippen LogP contribution in [-0.4, -0.2) is 64.6 Å². The summed E-state index contributed by atoms with van der Waals surface area (Å²) in [6, 6.07) is 6.38. The number of aliphatic hydroxyl groups is 1. The summed E-state index contributed by atoms with van der Waals surface area (Å²) in [5, 5.41) is 13.0. The lowest BCUT2D eigenvalue weighted by molar-refractivity contribution is -0.135. The van der Waals surface area contributed by atoms with Crippen LogP contribution < -0.4 is 10.1 Å². The van der Waals surface area contributed by atoms with Gasteiger partial charge in [0.25, 0.3) is 5.91 Å².